The van der Waals surface area contributed by atoms with E-state index in [-0.39, 0.29) is 0 Å². The van der Waals surface area contributed by atoms with E-state index < -0.39 is 6.10 Å². The summed E-state index contributed by atoms with van der Waals surface area (Å²) in [6, 6.07) is 8.51. The van der Waals surface area contributed by atoms with Crippen molar-refractivity contribution in [3.05, 3.63) is 29.8 Å². The summed E-state index contributed by atoms with van der Waals surface area (Å²) in [5, 5.41) is 13.4. The van der Waals surface area contributed by atoms with Crippen molar-refractivity contribution in [1.29, 1.82) is 0 Å². The van der Waals surface area contributed by atoms with Gasteiger partial charge < -0.3 is 15.2 Å². The van der Waals surface area contributed by atoms with Gasteiger partial charge in [-0.3, -0.25) is 4.90 Å². The maximum Gasteiger partial charge on any atom is 0.122 e. The van der Waals surface area contributed by atoms with Crippen LogP contribution in [0, 0.1) is 6.92 Å². The number of likely N-dealkylation sites (N-methyl/N-ethyl adjacent to an activating group) is 1. The number of hydrogen-bond donors (Lipinski definition) is 2. The molecule has 0 aliphatic carbocycles. The fourth-order valence-corrected chi connectivity index (χ4v) is 2.92. The molecule has 1 saturated heterocycles. The summed E-state index contributed by atoms with van der Waals surface area (Å²) < 4.78 is 5.66. The molecule has 1 heterocycles. The number of nitrogens with zero attached hydrogens (tertiary/aromatic N) is 1. The molecule has 118 valence electrons. The van der Waals surface area contributed by atoms with Gasteiger partial charge in [-0.15, -0.1) is 0 Å². The van der Waals surface area contributed by atoms with Crippen LogP contribution in [0.4, 0.5) is 0 Å². The van der Waals surface area contributed by atoms with E-state index in [4.69, 9.17) is 4.74 Å². The molecule has 21 heavy (non-hydrogen) atoms. The van der Waals surface area contributed by atoms with E-state index in [1.807, 2.05) is 31.2 Å². The maximum absolute atomic E-state index is 10.00. The molecule has 4 heteroatoms. The van der Waals surface area contributed by atoms with Crippen LogP contribution in [-0.4, -0.2) is 54.9 Å². The average molecular weight is 292 g/mol. The third kappa shape index (κ3) is 4.99. The van der Waals surface area contributed by atoms with Crippen LogP contribution in [0.1, 0.15) is 25.3 Å². The Kier molecular flexibility index (Phi) is 6.49. The average Bonchev–Trinajstić information content (AvgIpc) is 2.94. The Hall–Kier alpha value is -1.10. The second kappa shape index (κ2) is 8.37. The van der Waals surface area contributed by atoms with E-state index in [0.717, 1.165) is 24.4 Å². The first-order valence-electron chi connectivity index (χ1n) is 8.02. The third-order valence-corrected chi connectivity index (χ3v) is 4.19. The van der Waals surface area contributed by atoms with Gasteiger partial charge in [0.1, 0.15) is 18.5 Å². The predicted octanol–water partition coefficient (Wildman–Crippen LogP) is 1.81. The summed E-state index contributed by atoms with van der Waals surface area (Å²) in [5.41, 5.74) is 1.10. The minimum atomic E-state index is -0.471. The van der Waals surface area contributed by atoms with Gasteiger partial charge in [0.05, 0.1) is 0 Å². The van der Waals surface area contributed by atoms with Crippen molar-refractivity contribution in [2.45, 2.75) is 38.8 Å². The van der Waals surface area contributed by atoms with E-state index >= 15 is 0 Å². The highest BCUT2D eigenvalue weighted by Crippen LogP contribution is 2.17. The highest BCUT2D eigenvalue weighted by molar-refractivity contribution is 5.31. The Morgan fingerprint density at radius 1 is 1.43 bits per heavy atom. The van der Waals surface area contributed by atoms with Gasteiger partial charge in [-0.05, 0) is 44.5 Å². The van der Waals surface area contributed by atoms with Gasteiger partial charge in [0.25, 0.3) is 0 Å². The monoisotopic (exact) mass is 292 g/mol. The Balaban J connectivity index is 1.64. The smallest absolute Gasteiger partial charge is 0.122 e. The van der Waals surface area contributed by atoms with E-state index in [1.165, 1.54) is 19.4 Å². The predicted molar refractivity (Wildman–Crippen MR) is 85.8 cm³/mol. The molecular formula is C17H28N2O2. The summed E-state index contributed by atoms with van der Waals surface area (Å²) >= 11 is 0. The zero-order chi connectivity index (χ0) is 15.1. The molecule has 1 aromatic rings. The number of rotatable bonds is 8. The number of ether oxygens (including phenoxy) is 1. The first kappa shape index (κ1) is 16.3. The third-order valence-electron chi connectivity index (χ3n) is 4.19. The molecule has 0 spiro atoms. The van der Waals surface area contributed by atoms with Gasteiger partial charge >= 0.3 is 0 Å². The fraction of sp³-hybridized carbons (Fsp3) is 0.647. The van der Waals surface area contributed by atoms with Crippen LogP contribution in [0.5, 0.6) is 5.75 Å². The molecule has 1 fully saturated rings. The molecular weight excluding hydrogens is 264 g/mol. The molecule has 2 atom stereocenters. The molecule has 2 N–H and O–H groups in total. The van der Waals surface area contributed by atoms with Crippen LogP contribution in [0.15, 0.2) is 24.3 Å². The van der Waals surface area contributed by atoms with Crippen LogP contribution < -0.4 is 10.1 Å². The highest BCUT2D eigenvalue weighted by Gasteiger charge is 2.22. The molecule has 2 unspecified atom stereocenters. The van der Waals surface area contributed by atoms with Gasteiger partial charge in [-0.1, -0.05) is 25.1 Å². The van der Waals surface area contributed by atoms with E-state index in [2.05, 4.69) is 17.1 Å². The molecule has 2 rings (SSSR count). The molecule has 1 aromatic carbocycles. The number of aliphatic hydroxyl groups is 1. The molecule has 1 aliphatic heterocycles. The molecule has 0 radical (unpaired) electrons. The Morgan fingerprint density at radius 2 is 2.24 bits per heavy atom. The second-order valence-electron chi connectivity index (χ2n) is 5.81. The highest BCUT2D eigenvalue weighted by atomic mass is 16.5. The van der Waals surface area contributed by atoms with Crippen LogP contribution in [0.2, 0.25) is 0 Å². The summed E-state index contributed by atoms with van der Waals surface area (Å²) in [5.74, 6) is 0.851. The van der Waals surface area contributed by atoms with Crippen molar-refractivity contribution in [1.82, 2.24) is 10.2 Å². The van der Waals surface area contributed by atoms with E-state index in [9.17, 15) is 5.11 Å². The van der Waals surface area contributed by atoms with Crippen molar-refractivity contribution in [2.24, 2.45) is 0 Å². The Bertz CT molecular complexity index is 425. The lowest BCUT2D eigenvalue weighted by Crippen LogP contribution is -2.41. The number of hydrogen-bond acceptors (Lipinski definition) is 4. The van der Waals surface area contributed by atoms with Gasteiger partial charge in [0.15, 0.2) is 0 Å². The SMILES string of the molecule is CCN1CCCC1CNCC(O)COc1ccccc1C. The number of para-hydroxylation sites is 1. The lowest BCUT2D eigenvalue weighted by Gasteiger charge is -2.23. The lowest BCUT2D eigenvalue weighted by atomic mass is 10.2. The maximum atomic E-state index is 10.00. The Labute approximate surface area is 128 Å². The molecule has 0 saturated carbocycles. The Morgan fingerprint density at radius 3 is 3.00 bits per heavy atom. The van der Waals surface area contributed by atoms with Gasteiger partial charge in [-0.25, -0.2) is 0 Å². The number of aliphatic hydroxyl groups excluding tert-OH is 1. The van der Waals surface area contributed by atoms with Crippen LogP contribution in [0.3, 0.4) is 0 Å². The van der Waals surface area contributed by atoms with Crippen molar-refractivity contribution < 1.29 is 9.84 Å². The normalized spacial score (nSPS) is 20.6. The summed E-state index contributed by atoms with van der Waals surface area (Å²) in [6.45, 7) is 8.42. The van der Waals surface area contributed by atoms with E-state index in [0.29, 0.717) is 19.2 Å². The first-order chi connectivity index (χ1) is 10.2. The second-order valence-corrected chi connectivity index (χ2v) is 5.81. The van der Waals surface area contributed by atoms with Gasteiger partial charge in [-0.2, -0.15) is 0 Å². The topological polar surface area (TPSA) is 44.7 Å². The first-order valence-corrected chi connectivity index (χ1v) is 8.02. The number of aryl methyl sites for hydroxylation is 1. The quantitative estimate of drug-likeness (QED) is 0.767. The van der Waals surface area contributed by atoms with Crippen molar-refractivity contribution in [3.63, 3.8) is 0 Å². The van der Waals surface area contributed by atoms with Crippen molar-refractivity contribution >= 4 is 0 Å². The number of benzene rings is 1. The van der Waals surface area contributed by atoms with Crippen molar-refractivity contribution in [2.75, 3.05) is 32.8 Å². The zero-order valence-electron chi connectivity index (χ0n) is 13.2. The summed E-state index contributed by atoms with van der Waals surface area (Å²) in [7, 11) is 0. The van der Waals surface area contributed by atoms with Gasteiger partial charge in [0.2, 0.25) is 0 Å². The molecule has 0 amide bonds. The van der Waals surface area contributed by atoms with Crippen LogP contribution in [-0.2, 0) is 0 Å². The minimum Gasteiger partial charge on any atom is -0.491 e. The summed E-state index contributed by atoms with van der Waals surface area (Å²) in [4.78, 5) is 2.50. The number of likely N-dealkylation sites (tertiary alicyclic amines) is 1. The zero-order valence-corrected chi connectivity index (χ0v) is 13.2. The minimum absolute atomic E-state index is 0.333. The molecule has 4 nitrogen and oxygen atoms in total. The van der Waals surface area contributed by atoms with Gasteiger partial charge in [0, 0.05) is 19.1 Å². The number of nitrogens with one attached hydrogen (secondary N) is 1. The van der Waals surface area contributed by atoms with Crippen LogP contribution >= 0.6 is 0 Å². The largest absolute Gasteiger partial charge is 0.491 e. The molecule has 1 aliphatic rings. The molecule has 0 bridgehead atoms. The molecule has 0 aromatic heterocycles. The lowest BCUT2D eigenvalue weighted by molar-refractivity contribution is 0.104. The van der Waals surface area contributed by atoms with E-state index in [1.54, 1.807) is 0 Å². The fourth-order valence-electron chi connectivity index (χ4n) is 2.92. The van der Waals surface area contributed by atoms with Crippen LogP contribution in [0.25, 0.3) is 0 Å². The van der Waals surface area contributed by atoms with Crippen molar-refractivity contribution in [3.8, 4) is 5.75 Å². The summed E-state index contributed by atoms with van der Waals surface area (Å²) in [6.07, 6.45) is 2.08. The standard InChI is InChI=1S/C17H28N2O2/c1-3-19-10-6-8-15(19)11-18-12-16(20)13-21-17-9-5-4-7-14(17)2/h4-5,7,9,15-16,18,20H,3,6,8,10-13H2,1-2H3.